The van der Waals surface area contributed by atoms with Crippen molar-refractivity contribution in [2.45, 2.75) is 37.5 Å². The third-order valence-electron chi connectivity index (χ3n) is 4.87. The van der Waals surface area contributed by atoms with E-state index < -0.39 is 0 Å². The minimum atomic E-state index is 0.0698. The second kappa shape index (κ2) is 6.55. The first-order valence-corrected chi connectivity index (χ1v) is 9.11. The van der Waals surface area contributed by atoms with Crippen LogP contribution in [-0.2, 0) is 11.3 Å². The maximum absolute atomic E-state index is 6.22. The van der Waals surface area contributed by atoms with Crippen molar-refractivity contribution in [2.24, 2.45) is 0 Å². The molecule has 1 N–H and O–H groups in total. The highest BCUT2D eigenvalue weighted by molar-refractivity contribution is 7.13. The summed E-state index contributed by atoms with van der Waals surface area (Å²) in [4.78, 5) is 11.0. The van der Waals surface area contributed by atoms with E-state index in [-0.39, 0.29) is 5.60 Å². The van der Waals surface area contributed by atoms with Crippen molar-refractivity contribution in [1.82, 2.24) is 14.9 Å². The van der Waals surface area contributed by atoms with Gasteiger partial charge < -0.3 is 10.1 Å². The summed E-state index contributed by atoms with van der Waals surface area (Å²) in [6.45, 7) is 3.98. The van der Waals surface area contributed by atoms with E-state index in [1.54, 1.807) is 11.3 Å². The van der Waals surface area contributed by atoms with Gasteiger partial charge in [0.05, 0.1) is 18.2 Å². The molecule has 122 valence electrons. The molecule has 0 amide bonds. The molecule has 2 aliphatic heterocycles. The van der Waals surface area contributed by atoms with Gasteiger partial charge in [-0.3, -0.25) is 9.88 Å². The number of rotatable bonds is 4. The Balaban J connectivity index is 1.29. The molecule has 1 atom stereocenters. The third kappa shape index (κ3) is 3.54. The molecule has 4 rings (SSSR count). The first-order chi connectivity index (χ1) is 11.3. The van der Waals surface area contributed by atoms with Gasteiger partial charge in [-0.1, -0.05) is 6.07 Å². The van der Waals surface area contributed by atoms with Gasteiger partial charge in [0, 0.05) is 43.6 Å². The number of nitrogens with zero attached hydrogens (tertiary/aromatic N) is 3. The quantitative estimate of drug-likeness (QED) is 0.934. The lowest BCUT2D eigenvalue weighted by Gasteiger charge is -2.38. The predicted octanol–water partition coefficient (Wildman–Crippen LogP) is 2.77. The summed E-state index contributed by atoms with van der Waals surface area (Å²) in [5.74, 6) is 0. The van der Waals surface area contributed by atoms with Crippen LogP contribution in [0.1, 0.15) is 24.8 Å². The monoisotopic (exact) mass is 330 g/mol. The van der Waals surface area contributed by atoms with Crippen molar-refractivity contribution >= 4 is 16.5 Å². The molecular weight excluding hydrogens is 308 g/mol. The molecule has 0 radical (unpaired) electrons. The van der Waals surface area contributed by atoms with Gasteiger partial charge in [0.25, 0.3) is 0 Å². The zero-order valence-corrected chi connectivity index (χ0v) is 14.0. The van der Waals surface area contributed by atoms with E-state index >= 15 is 0 Å². The zero-order valence-electron chi connectivity index (χ0n) is 13.1. The number of pyridine rings is 1. The number of aromatic nitrogens is 2. The van der Waals surface area contributed by atoms with Crippen LogP contribution in [0.2, 0.25) is 0 Å². The zero-order chi connectivity index (χ0) is 15.5. The average Bonchev–Trinajstić information content (AvgIpc) is 3.22. The molecule has 0 unspecified atom stereocenters. The Labute approximate surface area is 140 Å². The molecule has 2 aliphatic rings. The Morgan fingerprint density at radius 2 is 2.26 bits per heavy atom. The molecule has 2 aromatic rings. The van der Waals surface area contributed by atoms with Gasteiger partial charge in [0.2, 0.25) is 0 Å². The molecule has 6 heteroatoms. The number of likely N-dealkylation sites (tertiary alicyclic amines) is 1. The first-order valence-electron chi connectivity index (χ1n) is 8.23. The number of piperidine rings is 1. The highest BCUT2D eigenvalue weighted by Crippen LogP contribution is 2.37. The van der Waals surface area contributed by atoms with E-state index in [1.807, 2.05) is 30.0 Å². The fourth-order valence-electron chi connectivity index (χ4n) is 3.62. The second-order valence-electron chi connectivity index (χ2n) is 6.51. The van der Waals surface area contributed by atoms with Crippen LogP contribution in [0.25, 0.3) is 0 Å². The van der Waals surface area contributed by atoms with E-state index in [1.165, 1.54) is 5.56 Å². The fraction of sp³-hybridized carbons (Fsp3) is 0.529. The highest BCUT2D eigenvalue weighted by Gasteiger charge is 2.42. The molecule has 0 saturated carbocycles. The molecular formula is C17H22N4OS. The van der Waals surface area contributed by atoms with E-state index in [4.69, 9.17) is 4.74 Å². The van der Waals surface area contributed by atoms with Crippen LogP contribution < -0.4 is 5.32 Å². The normalized spacial score (nSPS) is 24.1. The largest absolute Gasteiger partial charge is 0.373 e. The van der Waals surface area contributed by atoms with Crippen LogP contribution in [0.3, 0.4) is 0 Å². The number of ether oxygens (including phenoxy) is 1. The number of hydrogen-bond acceptors (Lipinski definition) is 6. The van der Waals surface area contributed by atoms with Crippen LogP contribution >= 0.6 is 11.3 Å². The Kier molecular flexibility index (Phi) is 4.29. The van der Waals surface area contributed by atoms with Crippen LogP contribution in [0, 0.1) is 0 Å². The summed E-state index contributed by atoms with van der Waals surface area (Å²) < 4.78 is 6.22. The van der Waals surface area contributed by atoms with E-state index in [0.717, 1.165) is 50.6 Å². The van der Waals surface area contributed by atoms with Crippen molar-refractivity contribution in [1.29, 1.82) is 0 Å². The Hall–Kier alpha value is -1.50. The van der Waals surface area contributed by atoms with Gasteiger partial charge in [0.1, 0.15) is 0 Å². The van der Waals surface area contributed by atoms with E-state index in [0.29, 0.717) is 6.04 Å². The second-order valence-corrected chi connectivity index (χ2v) is 7.41. The lowest BCUT2D eigenvalue weighted by molar-refractivity contribution is -0.0448. The Morgan fingerprint density at radius 1 is 1.35 bits per heavy atom. The smallest absolute Gasteiger partial charge is 0.182 e. The summed E-state index contributed by atoms with van der Waals surface area (Å²) in [6.07, 6.45) is 8.95. The molecule has 2 aromatic heterocycles. The molecule has 0 bridgehead atoms. The maximum atomic E-state index is 6.22. The van der Waals surface area contributed by atoms with Gasteiger partial charge in [-0.25, -0.2) is 4.98 Å². The van der Waals surface area contributed by atoms with Crippen molar-refractivity contribution in [3.05, 3.63) is 41.7 Å². The lowest BCUT2D eigenvalue weighted by Crippen LogP contribution is -2.44. The molecule has 0 aliphatic carbocycles. The van der Waals surface area contributed by atoms with Crippen LogP contribution in [0.4, 0.5) is 5.13 Å². The maximum Gasteiger partial charge on any atom is 0.182 e. The standard InChI is InChI=1S/C17H22N4OS/c1-2-14(11-18-5-1)12-21-7-3-17(4-8-21)10-15(13-22-17)20-16-19-6-9-23-16/h1-2,5-6,9,11,15H,3-4,7-8,10,12-13H2,(H,19,20)/t15-/m0/s1. The van der Waals surface area contributed by atoms with Gasteiger partial charge >= 0.3 is 0 Å². The lowest BCUT2D eigenvalue weighted by atomic mass is 9.87. The minimum Gasteiger partial charge on any atom is -0.373 e. The fourth-order valence-corrected chi connectivity index (χ4v) is 4.23. The van der Waals surface area contributed by atoms with Crippen LogP contribution in [0.15, 0.2) is 36.1 Å². The van der Waals surface area contributed by atoms with E-state index in [9.17, 15) is 0 Å². The molecule has 2 fully saturated rings. The Morgan fingerprint density at radius 3 is 3.00 bits per heavy atom. The van der Waals surface area contributed by atoms with Gasteiger partial charge in [0.15, 0.2) is 5.13 Å². The van der Waals surface area contributed by atoms with Gasteiger partial charge in [-0.2, -0.15) is 0 Å². The molecule has 1 spiro atoms. The van der Waals surface area contributed by atoms with Gasteiger partial charge in [-0.05, 0) is 30.9 Å². The number of anilines is 1. The third-order valence-corrected chi connectivity index (χ3v) is 5.57. The number of hydrogen-bond donors (Lipinski definition) is 1. The SMILES string of the molecule is c1cncc(CN2CCC3(CC2)C[C@H](Nc2nccs2)CO3)c1. The topological polar surface area (TPSA) is 50.3 Å². The summed E-state index contributed by atoms with van der Waals surface area (Å²) >= 11 is 1.65. The van der Waals surface area contributed by atoms with Crippen LogP contribution in [-0.4, -0.2) is 46.2 Å². The summed E-state index contributed by atoms with van der Waals surface area (Å²) in [6, 6.07) is 4.55. The minimum absolute atomic E-state index is 0.0698. The molecule has 0 aromatic carbocycles. The average molecular weight is 330 g/mol. The summed E-state index contributed by atoms with van der Waals surface area (Å²) in [5, 5.41) is 6.51. The van der Waals surface area contributed by atoms with Crippen molar-refractivity contribution in [2.75, 3.05) is 25.0 Å². The van der Waals surface area contributed by atoms with Crippen molar-refractivity contribution < 1.29 is 4.74 Å². The molecule has 23 heavy (non-hydrogen) atoms. The molecule has 4 heterocycles. The first kappa shape index (κ1) is 15.1. The van der Waals surface area contributed by atoms with Crippen LogP contribution in [0.5, 0.6) is 0 Å². The molecule has 5 nitrogen and oxygen atoms in total. The summed E-state index contributed by atoms with van der Waals surface area (Å²) in [5.41, 5.74) is 1.36. The van der Waals surface area contributed by atoms with E-state index in [2.05, 4.69) is 26.3 Å². The molecule has 2 saturated heterocycles. The predicted molar refractivity (Wildman–Crippen MR) is 91.6 cm³/mol. The van der Waals surface area contributed by atoms with Gasteiger partial charge in [-0.15, -0.1) is 11.3 Å². The van der Waals surface area contributed by atoms with Crippen molar-refractivity contribution in [3.8, 4) is 0 Å². The highest BCUT2D eigenvalue weighted by atomic mass is 32.1. The number of thiazole rings is 1. The Bertz CT molecular complexity index is 611. The number of nitrogens with one attached hydrogen (secondary N) is 1. The summed E-state index contributed by atoms with van der Waals surface area (Å²) in [7, 11) is 0. The van der Waals surface area contributed by atoms with Crippen molar-refractivity contribution in [3.63, 3.8) is 0 Å².